The molecule has 2 amide bonds. The van der Waals surface area contributed by atoms with E-state index in [1.54, 1.807) is 15.8 Å². The third-order valence-electron chi connectivity index (χ3n) is 5.70. The fourth-order valence-electron chi connectivity index (χ4n) is 3.96. The Labute approximate surface area is 184 Å². The molecule has 1 aliphatic heterocycles. The van der Waals surface area contributed by atoms with Crippen molar-refractivity contribution in [2.45, 2.75) is 58.6 Å². The normalized spacial score (nSPS) is 17.8. The molecule has 2 atom stereocenters. The maximum atomic E-state index is 13.1. The number of nitrogens with zero attached hydrogens (tertiary/aromatic N) is 3. The number of amides is 2. The zero-order valence-electron chi connectivity index (χ0n) is 19.2. The van der Waals surface area contributed by atoms with Crippen molar-refractivity contribution in [3.05, 3.63) is 53.3 Å². The van der Waals surface area contributed by atoms with Crippen LogP contribution in [0.2, 0.25) is 0 Å². The number of carbonyl (C=O) groups is 2. The van der Waals surface area contributed by atoms with Gasteiger partial charge in [0.2, 0.25) is 0 Å². The van der Waals surface area contributed by atoms with Crippen LogP contribution in [-0.2, 0) is 18.2 Å². The van der Waals surface area contributed by atoms with Crippen LogP contribution in [0.3, 0.4) is 0 Å². The van der Waals surface area contributed by atoms with Crippen molar-refractivity contribution >= 4 is 12.0 Å². The average Bonchev–Trinajstić information content (AvgIpc) is 3.08. The molecule has 31 heavy (non-hydrogen) atoms. The topological polar surface area (TPSA) is 76.5 Å². The first-order valence-corrected chi connectivity index (χ1v) is 11.0. The molecule has 3 rings (SSSR count). The van der Waals surface area contributed by atoms with E-state index in [2.05, 4.69) is 10.4 Å². The van der Waals surface area contributed by atoms with E-state index in [1.807, 2.05) is 65.1 Å². The lowest BCUT2D eigenvalue weighted by molar-refractivity contribution is 0.0150. The number of carbonyl (C=O) groups excluding carboxylic acids is 2. The summed E-state index contributed by atoms with van der Waals surface area (Å²) in [7, 11) is 1.86. The Hall–Kier alpha value is -2.83. The van der Waals surface area contributed by atoms with Gasteiger partial charge in [-0.25, -0.2) is 4.79 Å². The third kappa shape index (κ3) is 6.09. The first-order chi connectivity index (χ1) is 14.6. The number of rotatable bonds is 5. The van der Waals surface area contributed by atoms with Gasteiger partial charge in [-0.15, -0.1) is 0 Å². The number of nitrogens with one attached hydrogen (secondary N) is 1. The summed E-state index contributed by atoms with van der Waals surface area (Å²) in [6.45, 7) is 8.90. The highest BCUT2D eigenvalue weighted by molar-refractivity contribution is 5.95. The molecule has 0 aliphatic carbocycles. The Bertz CT molecular complexity index is 901. The minimum atomic E-state index is -0.515. The van der Waals surface area contributed by atoms with Crippen molar-refractivity contribution in [2.24, 2.45) is 13.0 Å². The highest BCUT2D eigenvalue weighted by Gasteiger charge is 2.31. The quantitative estimate of drug-likeness (QED) is 0.789. The van der Waals surface area contributed by atoms with Gasteiger partial charge in [0.15, 0.2) is 0 Å². The Morgan fingerprint density at radius 2 is 1.97 bits per heavy atom. The van der Waals surface area contributed by atoms with Gasteiger partial charge in [0.1, 0.15) is 5.60 Å². The smallest absolute Gasteiger partial charge is 0.410 e. The van der Waals surface area contributed by atoms with Crippen LogP contribution in [0.5, 0.6) is 0 Å². The molecule has 1 aliphatic rings. The van der Waals surface area contributed by atoms with Crippen LogP contribution in [-0.4, -0.2) is 51.4 Å². The van der Waals surface area contributed by atoms with Gasteiger partial charge in [-0.1, -0.05) is 30.3 Å². The van der Waals surface area contributed by atoms with E-state index >= 15 is 0 Å². The van der Waals surface area contributed by atoms with Crippen molar-refractivity contribution in [3.63, 3.8) is 0 Å². The molecule has 1 aromatic heterocycles. The third-order valence-corrected chi connectivity index (χ3v) is 5.70. The summed E-state index contributed by atoms with van der Waals surface area (Å²) in [4.78, 5) is 27.3. The fraction of sp³-hybridized carbons (Fsp3) is 0.542. The fourth-order valence-corrected chi connectivity index (χ4v) is 3.96. The molecule has 2 heterocycles. The SMILES string of the molecule is CC(NC(=O)c1cnn(C)c1Cc1ccccc1)C1CCCN(C(=O)OC(C)(C)C)C1. The molecule has 1 fully saturated rings. The second-order valence-electron chi connectivity index (χ2n) is 9.38. The first kappa shape index (κ1) is 22.8. The van der Waals surface area contributed by atoms with Crippen LogP contribution in [0.15, 0.2) is 36.5 Å². The summed E-state index contributed by atoms with van der Waals surface area (Å²) in [6.07, 6.45) is 3.85. The van der Waals surface area contributed by atoms with Crippen LogP contribution < -0.4 is 5.32 Å². The minimum absolute atomic E-state index is 0.0671. The Morgan fingerprint density at radius 3 is 2.65 bits per heavy atom. The molecule has 1 N–H and O–H groups in total. The summed E-state index contributed by atoms with van der Waals surface area (Å²) in [5, 5.41) is 7.45. The second kappa shape index (κ2) is 9.54. The lowest BCUT2D eigenvalue weighted by atomic mass is 9.91. The van der Waals surface area contributed by atoms with Crippen molar-refractivity contribution in [2.75, 3.05) is 13.1 Å². The van der Waals surface area contributed by atoms with Crippen LogP contribution in [0, 0.1) is 5.92 Å². The number of aryl methyl sites for hydroxylation is 1. The molecule has 0 spiro atoms. The van der Waals surface area contributed by atoms with Crippen molar-refractivity contribution < 1.29 is 14.3 Å². The van der Waals surface area contributed by atoms with E-state index in [0.717, 1.165) is 24.1 Å². The highest BCUT2D eigenvalue weighted by Crippen LogP contribution is 2.22. The maximum Gasteiger partial charge on any atom is 0.410 e. The van der Waals surface area contributed by atoms with Crippen molar-refractivity contribution in [1.82, 2.24) is 20.0 Å². The summed E-state index contributed by atoms with van der Waals surface area (Å²) in [5.74, 6) is 0.0559. The van der Waals surface area contributed by atoms with Gasteiger partial charge in [-0.3, -0.25) is 9.48 Å². The lowest BCUT2D eigenvalue weighted by Crippen LogP contribution is -2.49. The summed E-state index contributed by atoms with van der Waals surface area (Å²) in [5.41, 5.74) is 2.10. The van der Waals surface area contributed by atoms with E-state index < -0.39 is 5.60 Å². The van der Waals surface area contributed by atoms with Gasteiger partial charge in [0.05, 0.1) is 17.5 Å². The molecule has 0 bridgehead atoms. The maximum absolute atomic E-state index is 13.1. The van der Waals surface area contributed by atoms with Crippen LogP contribution in [0.4, 0.5) is 4.79 Å². The van der Waals surface area contributed by atoms with Gasteiger partial charge >= 0.3 is 6.09 Å². The number of piperidine rings is 1. The van der Waals surface area contributed by atoms with Gasteiger partial charge < -0.3 is 15.0 Å². The second-order valence-corrected chi connectivity index (χ2v) is 9.38. The molecule has 1 saturated heterocycles. The van der Waals surface area contributed by atoms with E-state index in [4.69, 9.17) is 4.74 Å². The van der Waals surface area contributed by atoms with Crippen molar-refractivity contribution in [1.29, 1.82) is 0 Å². The standard InChI is InChI=1S/C24H34N4O3/c1-17(19-12-9-13-28(16-19)23(30)31-24(2,3)4)26-22(29)20-15-25-27(5)21(20)14-18-10-7-6-8-11-18/h6-8,10-11,15,17,19H,9,12-14,16H2,1-5H3,(H,26,29). The van der Waals surface area contributed by atoms with Crippen LogP contribution in [0.25, 0.3) is 0 Å². The molecule has 0 radical (unpaired) electrons. The number of hydrogen-bond acceptors (Lipinski definition) is 4. The summed E-state index contributed by atoms with van der Waals surface area (Å²) >= 11 is 0. The highest BCUT2D eigenvalue weighted by atomic mass is 16.6. The number of ether oxygens (including phenoxy) is 1. The van der Waals surface area contributed by atoms with E-state index in [9.17, 15) is 9.59 Å². The monoisotopic (exact) mass is 426 g/mol. The first-order valence-electron chi connectivity index (χ1n) is 11.0. The predicted octanol–water partition coefficient (Wildman–Crippen LogP) is 3.78. The molecule has 2 unspecified atom stereocenters. The van der Waals surface area contributed by atoms with Crippen LogP contribution >= 0.6 is 0 Å². The molecule has 7 heteroatoms. The average molecular weight is 427 g/mol. The predicted molar refractivity (Wildman–Crippen MR) is 120 cm³/mol. The number of hydrogen-bond donors (Lipinski definition) is 1. The number of benzene rings is 1. The number of aromatic nitrogens is 2. The van der Waals surface area contributed by atoms with E-state index in [0.29, 0.717) is 25.1 Å². The molecule has 7 nitrogen and oxygen atoms in total. The molecule has 2 aromatic rings. The summed E-state index contributed by atoms with van der Waals surface area (Å²) in [6, 6.07) is 9.99. The lowest BCUT2D eigenvalue weighted by Gasteiger charge is -2.36. The molecule has 1 aromatic carbocycles. The zero-order chi connectivity index (χ0) is 22.6. The van der Waals surface area contributed by atoms with Gasteiger partial charge in [-0.05, 0) is 52.0 Å². The molecular weight excluding hydrogens is 392 g/mol. The van der Waals surface area contributed by atoms with Gasteiger partial charge in [0.25, 0.3) is 5.91 Å². The van der Waals surface area contributed by atoms with Crippen LogP contribution in [0.1, 0.15) is 62.2 Å². The van der Waals surface area contributed by atoms with E-state index in [-0.39, 0.29) is 24.0 Å². The zero-order valence-corrected chi connectivity index (χ0v) is 19.2. The Morgan fingerprint density at radius 1 is 1.26 bits per heavy atom. The largest absolute Gasteiger partial charge is 0.444 e. The Kier molecular flexibility index (Phi) is 7.03. The molecule has 0 saturated carbocycles. The number of likely N-dealkylation sites (tertiary alicyclic amines) is 1. The van der Waals surface area contributed by atoms with E-state index in [1.165, 1.54) is 0 Å². The molecule has 168 valence electrons. The summed E-state index contributed by atoms with van der Waals surface area (Å²) < 4.78 is 7.28. The molecular formula is C24H34N4O3. The Balaban J connectivity index is 1.64. The van der Waals surface area contributed by atoms with Gasteiger partial charge in [0, 0.05) is 32.6 Å². The van der Waals surface area contributed by atoms with Gasteiger partial charge in [-0.2, -0.15) is 5.10 Å². The van der Waals surface area contributed by atoms with Crippen molar-refractivity contribution in [3.8, 4) is 0 Å². The minimum Gasteiger partial charge on any atom is -0.444 e.